The molecule has 2 aromatic rings. The van der Waals surface area contributed by atoms with Crippen LogP contribution in [0.2, 0.25) is 0 Å². The van der Waals surface area contributed by atoms with Crippen LogP contribution in [0.15, 0.2) is 40.9 Å². The number of fused-ring (bicyclic) bond motifs is 1. The Bertz CT molecular complexity index is 682. The number of anilines is 2. The highest BCUT2D eigenvalue weighted by Crippen LogP contribution is 2.26. The van der Waals surface area contributed by atoms with Crippen LogP contribution in [0.5, 0.6) is 0 Å². The molecular weight excluding hydrogens is 316 g/mol. The van der Waals surface area contributed by atoms with E-state index in [0.29, 0.717) is 5.56 Å². The summed E-state index contributed by atoms with van der Waals surface area (Å²) in [6.07, 6.45) is 1.01. The van der Waals surface area contributed by atoms with Crippen LogP contribution in [0, 0.1) is 6.92 Å². The highest BCUT2D eigenvalue weighted by molar-refractivity contribution is 9.10. The van der Waals surface area contributed by atoms with Gasteiger partial charge in [0.2, 0.25) is 0 Å². The molecule has 1 aliphatic heterocycles. The normalized spacial score (nSPS) is 12.7. The molecule has 1 heterocycles. The van der Waals surface area contributed by atoms with Crippen molar-refractivity contribution in [2.45, 2.75) is 13.3 Å². The quantitative estimate of drug-likeness (QED) is 0.874. The Kier molecular flexibility index (Phi) is 3.49. The van der Waals surface area contributed by atoms with Crippen molar-refractivity contribution in [3.05, 3.63) is 57.6 Å². The third kappa shape index (κ3) is 2.43. The first-order valence-electron chi connectivity index (χ1n) is 6.58. The van der Waals surface area contributed by atoms with Crippen molar-refractivity contribution in [1.29, 1.82) is 0 Å². The fraction of sp³-hybridized carbons (Fsp3) is 0.188. The van der Waals surface area contributed by atoms with Gasteiger partial charge in [0.15, 0.2) is 0 Å². The standard InChI is InChI=1S/C16H15BrN2O/c1-10-13(3-2-4-14(10)17)16(20)19-12-5-6-15-11(9-12)7-8-18-15/h2-6,9,18H,7-8H2,1H3,(H,19,20). The molecule has 0 fully saturated rings. The van der Waals surface area contributed by atoms with Crippen LogP contribution in [-0.2, 0) is 6.42 Å². The van der Waals surface area contributed by atoms with E-state index in [1.54, 1.807) is 0 Å². The van der Waals surface area contributed by atoms with Crippen LogP contribution >= 0.6 is 15.9 Å². The zero-order valence-corrected chi connectivity index (χ0v) is 12.8. The minimum Gasteiger partial charge on any atom is -0.384 e. The minimum atomic E-state index is -0.0743. The summed E-state index contributed by atoms with van der Waals surface area (Å²) in [5.41, 5.74) is 4.91. The van der Waals surface area contributed by atoms with Gasteiger partial charge in [-0.05, 0) is 54.8 Å². The van der Waals surface area contributed by atoms with E-state index in [4.69, 9.17) is 0 Å². The monoisotopic (exact) mass is 330 g/mol. The number of nitrogens with one attached hydrogen (secondary N) is 2. The molecule has 0 saturated heterocycles. The Morgan fingerprint density at radius 1 is 1.30 bits per heavy atom. The molecule has 2 aromatic carbocycles. The number of hydrogen-bond donors (Lipinski definition) is 2. The lowest BCUT2D eigenvalue weighted by molar-refractivity contribution is 0.102. The Morgan fingerprint density at radius 3 is 3.00 bits per heavy atom. The van der Waals surface area contributed by atoms with E-state index in [9.17, 15) is 4.79 Å². The van der Waals surface area contributed by atoms with Gasteiger partial charge in [0.05, 0.1) is 0 Å². The SMILES string of the molecule is Cc1c(Br)cccc1C(=O)Nc1ccc2c(c1)CCN2. The number of carbonyl (C=O) groups excluding carboxylic acids is 1. The summed E-state index contributed by atoms with van der Waals surface area (Å²) in [4.78, 5) is 12.3. The van der Waals surface area contributed by atoms with Gasteiger partial charge in [-0.1, -0.05) is 22.0 Å². The van der Waals surface area contributed by atoms with Crippen molar-refractivity contribution in [2.24, 2.45) is 0 Å². The lowest BCUT2D eigenvalue weighted by Crippen LogP contribution is -2.13. The van der Waals surface area contributed by atoms with Crippen LogP contribution < -0.4 is 10.6 Å². The third-order valence-corrected chi connectivity index (χ3v) is 4.44. The molecule has 1 amide bonds. The molecule has 3 nitrogen and oxygen atoms in total. The van der Waals surface area contributed by atoms with E-state index < -0.39 is 0 Å². The molecule has 0 radical (unpaired) electrons. The van der Waals surface area contributed by atoms with Crippen molar-refractivity contribution >= 4 is 33.2 Å². The summed E-state index contributed by atoms with van der Waals surface area (Å²) >= 11 is 3.45. The molecule has 0 atom stereocenters. The number of hydrogen-bond acceptors (Lipinski definition) is 2. The molecule has 0 bridgehead atoms. The van der Waals surface area contributed by atoms with E-state index in [-0.39, 0.29) is 5.91 Å². The van der Waals surface area contributed by atoms with Gasteiger partial charge in [0.25, 0.3) is 5.91 Å². The summed E-state index contributed by atoms with van der Waals surface area (Å²) < 4.78 is 0.948. The second kappa shape index (κ2) is 5.29. The van der Waals surface area contributed by atoms with Gasteiger partial charge in [-0.3, -0.25) is 4.79 Å². The second-order valence-electron chi connectivity index (χ2n) is 4.92. The second-order valence-corrected chi connectivity index (χ2v) is 5.77. The number of amides is 1. The zero-order valence-electron chi connectivity index (χ0n) is 11.2. The van der Waals surface area contributed by atoms with Gasteiger partial charge in [-0.15, -0.1) is 0 Å². The topological polar surface area (TPSA) is 41.1 Å². The highest BCUT2D eigenvalue weighted by atomic mass is 79.9. The lowest BCUT2D eigenvalue weighted by Gasteiger charge is -2.10. The van der Waals surface area contributed by atoms with Crippen LogP contribution in [0.3, 0.4) is 0 Å². The summed E-state index contributed by atoms with van der Waals surface area (Å²) in [6.45, 7) is 2.91. The van der Waals surface area contributed by atoms with E-state index in [0.717, 1.165) is 28.7 Å². The fourth-order valence-electron chi connectivity index (χ4n) is 2.43. The molecule has 1 aliphatic rings. The van der Waals surface area contributed by atoms with Gasteiger partial charge in [-0.2, -0.15) is 0 Å². The fourth-order valence-corrected chi connectivity index (χ4v) is 2.80. The number of halogens is 1. The van der Waals surface area contributed by atoms with E-state index in [2.05, 4.69) is 26.6 Å². The molecule has 0 saturated carbocycles. The van der Waals surface area contributed by atoms with Gasteiger partial charge in [-0.25, -0.2) is 0 Å². The lowest BCUT2D eigenvalue weighted by atomic mass is 10.1. The predicted molar refractivity (Wildman–Crippen MR) is 85.5 cm³/mol. The zero-order chi connectivity index (χ0) is 14.1. The maximum atomic E-state index is 12.3. The molecule has 0 unspecified atom stereocenters. The Morgan fingerprint density at radius 2 is 2.15 bits per heavy atom. The molecule has 20 heavy (non-hydrogen) atoms. The predicted octanol–water partition coefficient (Wildman–Crippen LogP) is 3.98. The van der Waals surface area contributed by atoms with Crippen LogP contribution in [0.4, 0.5) is 11.4 Å². The molecule has 0 aliphatic carbocycles. The van der Waals surface area contributed by atoms with E-state index in [1.807, 2.05) is 43.3 Å². The van der Waals surface area contributed by atoms with Gasteiger partial charge in [0.1, 0.15) is 0 Å². The molecule has 3 rings (SSSR count). The van der Waals surface area contributed by atoms with Crippen molar-refractivity contribution < 1.29 is 4.79 Å². The van der Waals surface area contributed by atoms with E-state index >= 15 is 0 Å². The Balaban J connectivity index is 1.84. The number of carbonyl (C=O) groups is 1. The molecule has 102 valence electrons. The molecular formula is C16H15BrN2O. The molecule has 0 spiro atoms. The average molecular weight is 331 g/mol. The maximum Gasteiger partial charge on any atom is 0.255 e. The molecule has 4 heteroatoms. The number of rotatable bonds is 2. The van der Waals surface area contributed by atoms with Crippen molar-refractivity contribution in [1.82, 2.24) is 0 Å². The summed E-state index contributed by atoms with van der Waals surface area (Å²) in [7, 11) is 0. The van der Waals surface area contributed by atoms with Crippen LogP contribution in [-0.4, -0.2) is 12.5 Å². The third-order valence-electron chi connectivity index (χ3n) is 3.59. The summed E-state index contributed by atoms with van der Waals surface area (Å²) in [6, 6.07) is 11.6. The summed E-state index contributed by atoms with van der Waals surface area (Å²) in [5.74, 6) is -0.0743. The van der Waals surface area contributed by atoms with E-state index in [1.165, 1.54) is 11.3 Å². The van der Waals surface area contributed by atoms with Gasteiger partial charge in [0, 0.05) is 28.0 Å². The minimum absolute atomic E-state index is 0.0743. The first-order chi connectivity index (χ1) is 9.65. The molecule has 0 aromatic heterocycles. The van der Waals surface area contributed by atoms with Crippen molar-refractivity contribution in [3.63, 3.8) is 0 Å². The average Bonchev–Trinajstić information content (AvgIpc) is 2.89. The first kappa shape index (κ1) is 13.2. The molecule has 2 N–H and O–H groups in total. The van der Waals surface area contributed by atoms with Gasteiger partial charge < -0.3 is 10.6 Å². The van der Waals surface area contributed by atoms with Crippen LogP contribution in [0.25, 0.3) is 0 Å². The van der Waals surface area contributed by atoms with Crippen molar-refractivity contribution in [2.75, 3.05) is 17.2 Å². The first-order valence-corrected chi connectivity index (χ1v) is 7.38. The summed E-state index contributed by atoms with van der Waals surface area (Å²) in [5, 5.41) is 6.28. The largest absolute Gasteiger partial charge is 0.384 e. The van der Waals surface area contributed by atoms with Gasteiger partial charge >= 0.3 is 0 Å². The highest BCUT2D eigenvalue weighted by Gasteiger charge is 2.13. The van der Waals surface area contributed by atoms with Crippen LogP contribution in [0.1, 0.15) is 21.5 Å². The number of benzene rings is 2. The van der Waals surface area contributed by atoms with Crippen molar-refractivity contribution in [3.8, 4) is 0 Å². The maximum absolute atomic E-state index is 12.3. The smallest absolute Gasteiger partial charge is 0.255 e. The Hall–Kier alpha value is -1.81. The Labute approximate surface area is 126 Å².